The van der Waals surface area contributed by atoms with Crippen molar-refractivity contribution in [2.45, 2.75) is 97.3 Å². The maximum atomic E-state index is 5.45. The average Bonchev–Trinajstić information content (AvgIpc) is 2.50. The molecule has 0 unspecified atom stereocenters. The second-order valence-electron chi connectivity index (χ2n) is 6.79. The minimum Gasteiger partial charge on any atom is -0.330 e. The van der Waals surface area contributed by atoms with E-state index in [4.69, 9.17) is 17.2 Å². The Bertz CT molecular complexity index is 168. The molecule has 6 N–H and O–H groups in total. The molecule has 0 aliphatic heterocycles. The monoisotopic (exact) mass is 315 g/mol. The lowest BCUT2D eigenvalue weighted by Gasteiger charge is -2.04. The highest BCUT2D eigenvalue weighted by molar-refractivity contribution is 4.50. The van der Waals surface area contributed by atoms with E-state index in [9.17, 15) is 0 Å². The van der Waals surface area contributed by atoms with E-state index in [1.54, 1.807) is 0 Å². The van der Waals surface area contributed by atoms with Crippen molar-refractivity contribution in [3.05, 3.63) is 0 Å². The van der Waals surface area contributed by atoms with E-state index >= 15 is 0 Å². The Labute approximate surface area is 140 Å². The lowest BCUT2D eigenvalue weighted by atomic mass is 10.0. The van der Waals surface area contributed by atoms with Crippen molar-refractivity contribution in [1.82, 2.24) is 0 Å². The van der Waals surface area contributed by atoms with Gasteiger partial charge in [-0.2, -0.15) is 0 Å². The SMILES string of the molecule is CC(C)CCCCCCCCCCCN.NCCCCCN. The van der Waals surface area contributed by atoms with Gasteiger partial charge < -0.3 is 17.2 Å². The molecule has 0 spiro atoms. The molecule has 0 aromatic rings. The fourth-order valence-electron chi connectivity index (χ4n) is 2.40. The molecule has 0 bridgehead atoms. The zero-order valence-corrected chi connectivity index (χ0v) is 15.6. The van der Waals surface area contributed by atoms with Crippen LogP contribution in [0.4, 0.5) is 0 Å². The predicted octanol–water partition coefficient (Wildman–Crippen LogP) is 4.58. The van der Waals surface area contributed by atoms with Gasteiger partial charge in [0.15, 0.2) is 0 Å². The molecule has 0 atom stereocenters. The van der Waals surface area contributed by atoms with Gasteiger partial charge in [0.05, 0.1) is 0 Å². The Morgan fingerprint density at radius 1 is 0.455 bits per heavy atom. The quantitative estimate of drug-likeness (QED) is 0.387. The molecule has 0 saturated carbocycles. The Balaban J connectivity index is 0. The van der Waals surface area contributed by atoms with Crippen LogP contribution in [0.2, 0.25) is 0 Å². The van der Waals surface area contributed by atoms with Crippen LogP contribution in [0.1, 0.15) is 97.3 Å². The van der Waals surface area contributed by atoms with E-state index in [1.807, 2.05) is 0 Å². The number of rotatable bonds is 15. The Kier molecular flexibility index (Phi) is 25.4. The fraction of sp³-hybridized carbons (Fsp3) is 1.00. The van der Waals surface area contributed by atoms with E-state index in [0.29, 0.717) is 0 Å². The minimum atomic E-state index is 0.806. The van der Waals surface area contributed by atoms with E-state index in [1.165, 1.54) is 70.6 Å². The predicted molar refractivity (Wildman–Crippen MR) is 102 cm³/mol. The van der Waals surface area contributed by atoms with Gasteiger partial charge in [0.2, 0.25) is 0 Å². The Morgan fingerprint density at radius 2 is 0.727 bits per heavy atom. The number of hydrogen-bond acceptors (Lipinski definition) is 3. The maximum absolute atomic E-state index is 5.45. The summed E-state index contributed by atoms with van der Waals surface area (Å²) in [6.45, 7) is 7.12. The summed E-state index contributed by atoms with van der Waals surface area (Å²) in [6.07, 6.45) is 17.4. The lowest BCUT2D eigenvalue weighted by molar-refractivity contribution is 0.506. The zero-order chi connectivity index (χ0) is 16.9. The highest BCUT2D eigenvalue weighted by Gasteiger charge is 1.95. The third-order valence-corrected chi connectivity index (χ3v) is 3.89. The van der Waals surface area contributed by atoms with E-state index < -0.39 is 0 Å². The van der Waals surface area contributed by atoms with Crippen LogP contribution in [-0.2, 0) is 0 Å². The number of unbranched alkanes of at least 4 members (excludes halogenated alkanes) is 10. The van der Waals surface area contributed by atoms with E-state index in [-0.39, 0.29) is 0 Å². The van der Waals surface area contributed by atoms with Gasteiger partial charge in [0, 0.05) is 0 Å². The fourth-order valence-corrected chi connectivity index (χ4v) is 2.40. The number of nitrogens with two attached hydrogens (primary N) is 3. The summed E-state index contributed by atoms with van der Waals surface area (Å²) in [5.41, 5.74) is 15.9. The molecule has 0 aliphatic carbocycles. The van der Waals surface area contributed by atoms with Crippen molar-refractivity contribution in [3.8, 4) is 0 Å². The topological polar surface area (TPSA) is 78.1 Å². The van der Waals surface area contributed by atoms with Gasteiger partial charge in [-0.3, -0.25) is 0 Å². The first-order chi connectivity index (χ1) is 10.7. The van der Waals surface area contributed by atoms with Crippen molar-refractivity contribution >= 4 is 0 Å². The average molecular weight is 316 g/mol. The molecular formula is C19H45N3. The summed E-state index contributed by atoms with van der Waals surface area (Å²) < 4.78 is 0. The first-order valence-corrected chi connectivity index (χ1v) is 9.79. The van der Waals surface area contributed by atoms with Gasteiger partial charge >= 0.3 is 0 Å². The summed E-state index contributed by atoms with van der Waals surface area (Å²) >= 11 is 0. The minimum absolute atomic E-state index is 0.806. The van der Waals surface area contributed by atoms with Crippen molar-refractivity contribution in [2.75, 3.05) is 19.6 Å². The van der Waals surface area contributed by atoms with Gasteiger partial charge in [-0.05, 0) is 44.8 Å². The second-order valence-corrected chi connectivity index (χ2v) is 6.79. The highest BCUT2D eigenvalue weighted by atomic mass is 14.5. The van der Waals surface area contributed by atoms with Crippen molar-refractivity contribution in [1.29, 1.82) is 0 Å². The Hall–Kier alpha value is -0.120. The highest BCUT2D eigenvalue weighted by Crippen LogP contribution is 2.12. The summed E-state index contributed by atoms with van der Waals surface area (Å²) in [5.74, 6) is 0.890. The summed E-state index contributed by atoms with van der Waals surface area (Å²) in [5, 5.41) is 0. The van der Waals surface area contributed by atoms with Crippen molar-refractivity contribution < 1.29 is 0 Å². The normalized spacial score (nSPS) is 10.6. The van der Waals surface area contributed by atoms with Crippen LogP contribution in [0.5, 0.6) is 0 Å². The van der Waals surface area contributed by atoms with Crippen LogP contribution in [0.15, 0.2) is 0 Å². The van der Waals surface area contributed by atoms with E-state index in [0.717, 1.165) is 38.4 Å². The van der Waals surface area contributed by atoms with Gasteiger partial charge in [-0.1, -0.05) is 78.1 Å². The molecule has 22 heavy (non-hydrogen) atoms. The summed E-state index contributed by atoms with van der Waals surface area (Å²) in [4.78, 5) is 0. The van der Waals surface area contributed by atoms with Crippen LogP contribution in [0.3, 0.4) is 0 Å². The first kappa shape index (κ1) is 24.1. The molecule has 3 heteroatoms. The molecule has 0 rings (SSSR count). The lowest BCUT2D eigenvalue weighted by Crippen LogP contribution is -2.02. The van der Waals surface area contributed by atoms with E-state index in [2.05, 4.69) is 13.8 Å². The van der Waals surface area contributed by atoms with Crippen molar-refractivity contribution in [3.63, 3.8) is 0 Å². The molecular weight excluding hydrogens is 270 g/mol. The first-order valence-electron chi connectivity index (χ1n) is 9.79. The molecule has 0 fully saturated rings. The van der Waals surface area contributed by atoms with Crippen LogP contribution in [0, 0.1) is 5.92 Å². The third-order valence-electron chi connectivity index (χ3n) is 3.89. The molecule has 0 aliphatic rings. The third kappa shape index (κ3) is 28.1. The standard InChI is InChI=1S/C14H31N.C5H14N2/c1-14(2)12-10-8-6-4-3-5-7-9-11-13-15;6-4-2-1-3-5-7/h14H,3-13,15H2,1-2H3;1-7H2. The maximum Gasteiger partial charge on any atom is -0.00773 e. The molecule has 3 nitrogen and oxygen atoms in total. The molecule has 136 valence electrons. The molecule has 0 radical (unpaired) electrons. The smallest absolute Gasteiger partial charge is 0.00773 e. The molecule has 0 heterocycles. The Morgan fingerprint density at radius 3 is 1.05 bits per heavy atom. The van der Waals surface area contributed by atoms with Crippen LogP contribution in [-0.4, -0.2) is 19.6 Å². The van der Waals surface area contributed by atoms with Gasteiger partial charge in [0.25, 0.3) is 0 Å². The van der Waals surface area contributed by atoms with Gasteiger partial charge in [-0.15, -0.1) is 0 Å². The molecule has 0 amide bonds. The molecule has 0 saturated heterocycles. The van der Waals surface area contributed by atoms with Gasteiger partial charge in [-0.25, -0.2) is 0 Å². The van der Waals surface area contributed by atoms with Crippen LogP contribution < -0.4 is 17.2 Å². The van der Waals surface area contributed by atoms with Gasteiger partial charge in [0.1, 0.15) is 0 Å². The molecule has 0 aromatic carbocycles. The summed E-state index contributed by atoms with van der Waals surface area (Å²) in [6, 6.07) is 0. The zero-order valence-electron chi connectivity index (χ0n) is 15.6. The van der Waals surface area contributed by atoms with Crippen molar-refractivity contribution in [2.24, 2.45) is 23.1 Å². The molecule has 0 aromatic heterocycles. The van der Waals surface area contributed by atoms with Crippen LogP contribution >= 0.6 is 0 Å². The van der Waals surface area contributed by atoms with Crippen LogP contribution in [0.25, 0.3) is 0 Å². The summed E-state index contributed by atoms with van der Waals surface area (Å²) in [7, 11) is 0. The number of hydrogen-bond donors (Lipinski definition) is 3. The largest absolute Gasteiger partial charge is 0.330 e. The second kappa shape index (κ2) is 23.2.